The number of piperidine rings is 2. The van der Waals surface area contributed by atoms with Crippen molar-refractivity contribution < 1.29 is 65.6 Å². The maximum Gasteiger partial charge on any atom is 0.332 e. The summed E-state index contributed by atoms with van der Waals surface area (Å²) in [7, 11) is 0. The molecule has 13 heteroatoms. The van der Waals surface area contributed by atoms with E-state index in [0.29, 0.717) is 25.7 Å². The number of aliphatic carboxylic acids is 4. The number of nitrogens with one attached hydrogen (secondary N) is 2. The van der Waals surface area contributed by atoms with E-state index < -0.39 is 36.1 Å². The molecule has 0 saturated carbocycles. The van der Waals surface area contributed by atoms with Crippen molar-refractivity contribution in [1.82, 2.24) is 10.6 Å². The third-order valence-electron chi connectivity index (χ3n) is 9.28. The molecule has 2 fully saturated rings. The number of hydrogen-bond acceptors (Lipinski definition) is 8. The predicted molar refractivity (Wildman–Crippen MR) is 194 cm³/mol. The van der Waals surface area contributed by atoms with Gasteiger partial charge in [-0.3, -0.25) is 9.59 Å². The number of unbranched alkanes of at least 4 members (excludes halogenated alkanes) is 8. The Morgan fingerprint density at radius 3 is 1.02 bits per heavy atom. The molecule has 2 unspecified atom stereocenters. The fraction of sp³-hybridized carbons (Fsp3) is 0.895. The molecule has 0 amide bonds. The van der Waals surface area contributed by atoms with Crippen molar-refractivity contribution >= 4 is 23.9 Å². The van der Waals surface area contributed by atoms with Gasteiger partial charge in [-0.25, -0.2) is 9.59 Å². The van der Waals surface area contributed by atoms with E-state index in [9.17, 15) is 29.4 Å². The fourth-order valence-corrected chi connectivity index (χ4v) is 7.89. The molecule has 2 aliphatic rings. The maximum atomic E-state index is 11.5. The van der Waals surface area contributed by atoms with Gasteiger partial charge in [-0.05, 0) is 107 Å². The summed E-state index contributed by atoms with van der Waals surface area (Å²) in [4.78, 5) is 44.0. The monoisotopic (exact) mass is 772 g/mol. The first-order valence-corrected chi connectivity index (χ1v) is 18.8. The second-order valence-electron chi connectivity index (χ2n) is 17.2. The van der Waals surface area contributed by atoms with E-state index in [4.69, 9.17) is 19.7 Å². The molecule has 0 aliphatic carbocycles. The van der Waals surface area contributed by atoms with Crippen molar-refractivity contribution in [2.24, 2.45) is 0 Å². The van der Waals surface area contributed by atoms with Gasteiger partial charge in [-0.15, -0.1) is 0 Å². The Morgan fingerprint density at radius 1 is 0.510 bits per heavy atom. The molecular formula is C38H70N2NiO10. The Kier molecular flexibility index (Phi) is 22.3. The minimum Gasteiger partial charge on any atom is -0.481 e. The molecule has 2 heterocycles. The summed E-state index contributed by atoms with van der Waals surface area (Å²) in [6, 6.07) is 0. The van der Waals surface area contributed by atoms with Gasteiger partial charge in [0.25, 0.3) is 0 Å². The van der Waals surface area contributed by atoms with E-state index in [1.807, 2.05) is 0 Å². The molecule has 302 valence electrons. The quantitative estimate of drug-likeness (QED) is 0.0482. The van der Waals surface area contributed by atoms with Crippen molar-refractivity contribution in [3.63, 3.8) is 0 Å². The van der Waals surface area contributed by atoms with Gasteiger partial charge in [0.2, 0.25) is 0 Å². The van der Waals surface area contributed by atoms with Gasteiger partial charge in [0.15, 0.2) is 12.2 Å². The Balaban J connectivity index is 0.000000962. The maximum absolute atomic E-state index is 11.5. The third kappa shape index (κ3) is 23.5. The van der Waals surface area contributed by atoms with Gasteiger partial charge in [0, 0.05) is 51.5 Å². The van der Waals surface area contributed by atoms with Crippen LogP contribution in [0.2, 0.25) is 0 Å². The molecule has 2 aliphatic heterocycles. The number of ether oxygens (including phenoxy) is 2. The normalized spacial score (nSPS) is 20.5. The Labute approximate surface area is 316 Å². The van der Waals surface area contributed by atoms with Crippen molar-refractivity contribution in [2.75, 3.05) is 0 Å². The molecule has 0 radical (unpaired) electrons. The van der Waals surface area contributed by atoms with Crippen LogP contribution < -0.4 is 10.6 Å². The summed E-state index contributed by atoms with van der Waals surface area (Å²) in [6.07, 6.45) is 11.4. The molecule has 2 saturated heterocycles. The minimum absolute atomic E-state index is 0. The molecule has 0 bridgehead atoms. The largest absolute Gasteiger partial charge is 0.481 e. The summed E-state index contributed by atoms with van der Waals surface area (Å²) in [6.45, 7) is 17.0. The second kappa shape index (κ2) is 23.1. The average Bonchev–Trinajstić information content (AvgIpc) is 2.91. The molecular weight excluding hydrogens is 703 g/mol. The zero-order valence-corrected chi connectivity index (χ0v) is 33.6. The van der Waals surface area contributed by atoms with Crippen LogP contribution in [0.1, 0.15) is 171 Å². The molecule has 2 atom stereocenters. The summed E-state index contributed by atoms with van der Waals surface area (Å²) in [5.74, 6) is -3.29. The predicted octanol–water partition coefficient (Wildman–Crippen LogP) is 7.16. The number of carboxylic acids is 4. The van der Waals surface area contributed by atoms with E-state index in [0.717, 1.165) is 77.0 Å². The zero-order valence-electron chi connectivity index (χ0n) is 32.6. The van der Waals surface area contributed by atoms with Crippen LogP contribution in [0, 0.1) is 0 Å². The second-order valence-corrected chi connectivity index (χ2v) is 17.2. The summed E-state index contributed by atoms with van der Waals surface area (Å²) in [5, 5.41) is 43.3. The SMILES string of the molecule is CC1(C)CC(OC(CCCCCCCC(=O)O)C(=O)O)CC(C)(C)N1.CC1(C)CC(OC(CCCCCCCC(=O)O)C(=O)O)CC(C)(C)N1.[Ni]. The van der Waals surface area contributed by atoms with E-state index in [1.165, 1.54) is 0 Å². The van der Waals surface area contributed by atoms with E-state index >= 15 is 0 Å². The summed E-state index contributed by atoms with van der Waals surface area (Å²) < 4.78 is 11.9. The van der Waals surface area contributed by atoms with E-state index in [-0.39, 0.29) is 63.7 Å². The Morgan fingerprint density at radius 2 is 0.765 bits per heavy atom. The van der Waals surface area contributed by atoms with Gasteiger partial charge in [0.1, 0.15) is 0 Å². The first kappa shape index (κ1) is 49.2. The van der Waals surface area contributed by atoms with Crippen LogP contribution >= 0.6 is 0 Å². The van der Waals surface area contributed by atoms with Crippen LogP contribution in [0.3, 0.4) is 0 Å². The van der Waals surface area contributed by atoms with Crippen LogP contribution in [0.5, 0.6) is 0 Å². The molecule has 2 rings (SSSR count). The molecule has 12 nitrogen and oxygen atoms in total. The number of rotatable bonds is 22. The average molecular weight is 774 g/mol. The van der Waals surface area contributed by atoms with E-state index in [1.54, 1.807) is 0 Å². The van der Waals surface area contributed by atoms with Crippen LogP contribution in [0.15, 0.2) is 0 Å². The van der Waals surface area contributed by atoms with Gasteiger partial charge in [-0.1, -0.05) is 51.4 Å². The standard InChI is InChI=1S/2C19H35NO5.Ni/c2*1-18(2)12-14(13-19(3,4)20-18)25-15(17(23)24)10-8-6-5-7-9-11-16(21)22;/h2*14-15,20H,5-13H2,1-4H3,(H,21,22)(H,23,24);. The topological polar surface area (TPSA) is 192 Å². The molecule has 6 N–H and O–H groups in total. The van der Waals surface area contributed by atoms with Crippen LogP contribution in [-0.2, 0) is 45.1 Å². The summed E-state index contributed by atoms with van der Waals surface area (Å²) >= 11 is 0. The van der Waals surface area contributed by atoms with E-state index in [2.05, 4.69) is 66.0 Å². The van der Waals surface area contributed by atoms with Crippen LogP contribution in [-0.4, -0.2) is 90.9 Å². The number of carboxylic acid groups (broad SMARTS) is 4. The first-order chi connectivity index (χ1) is 23.0. The van der Waals surface area contributed by atoms with Gasteiger partial charge >= 0.3 is 23.9 Å². The van der Waals surface area contributed by atoms with Gasteiger partial charge < -0.3 is 40.5 Å². The summed E-state index contributed by atoms with van der Waals surface area (Å²) in [5.41, 5.74) is -0.279. The third-order valence-corrected chi connectivity index (χ3v) is 9.28. The van der Waals surface area contributed by atoms with Gasteiger partial charge in [-0.2, -0.15) is 0 Å². The molecule has 0 aromatic rings. The first-order valence-electron chi connectivity index (χ1n) is 18.8. The number of hydrogen-bond donors (Lipinski definition) is 6. The fourth-order valence-electron chi connectivity index (χ4n) is 7.89. The Bertz CT molecular complexity index is 951. The number of carbonyl (C=O) groups is 4. The van der Waals surface area contributed by atoms with Crippen LogP contribution in [0.25, 0.3) is 0 Å². The smallest absolute Gasteiger partial charge is 0.332 e. The molecule has 0 aromatic heterocycles. The Hall–Kier alpha value is -1.79. The van der Waals surface area contributed by atoms with Crippen molar-refractivity contribution in [2.45, 2.75) is 218 Å². The molecule has 51 heavy (non-hydrogen) atoms. The molecule has 0 aromatic carbocycles. The van der Waals surface area contributed by atoms with Crippen LogP contribution in [0.4, 0.5) is 0 Å². The minimum atomic E-state index is -0.889. The van der Waals surface area contributed by atoms with Crippen molar-refractivity contribution in [1.29, 1.82) is 0 Å². The molecule has 0 spiro atoms. The van der Waals surface area contributed by atoms with Gasteiger partial charge in [0.05, 0.1) is 12.2 Å². The van der Waals surface area contributed by atoms with Crippen molar-refractivity contribution in [3.05, 3.63) is 0 Å². The van der Waals surface area contributed by atoms with Crippen molar-refractivity contribution in [3.8, 4) is 0 Å². The zero-order chi connectivity index (χ0) is 38.2.